The molecule has 0 fully saturated rings. The van der Waals surface area contributed by atoms with Gasteiger partial charge in [0.2, 0.25) is 0 Å². The van der Waals surface area contributed by atoms with E-state index in [9.17, 15) is 19.8 Å². The van der Waals surface area contributed by atoms with Crippen molar-refractivity contribution < 1.29 is 19.8 Å². The van der Waals surface area contributed by atoms with Crippen molar-refractivity contribution in [2.45, 2.75) is 38.8 Å². The van der Waals surface area contributed by atoms with Crippen molar-refractivity contribution in [2.24, 2.45) is 5.92 Å². The molecule has 7 heteroatoms. The number of carbonyl (C=O) groups is 2. The number of aliphatic carboxylic acids is 2. The maximum Gasteiger partial charge on any atom is 0.322 e. The van der Waals surface area contributed by atoms with Gasteiger partial charge in [-0.1, -0.05) is 38.5 Å². The van der Waals surface area contributed by atoms with Crippen molar-refractivity contribution in [2.75, 3.05) is 0 Å². The number of carboxylic acids is 2. The number of hydrazine groups is 1. The highest BCUT2D eigenvalue weighted by Crippen LogP contribution is 2.19. The van der Waals surface area contributed by atoms with Crippen LogP contribution < -0.4 is 10.9 Å². The normalized spacial score (nSPS) is 15.1. The van der Waals surface area contributed by atoms with E-state index in [1.165, 1.54) is 0 Å². The number of fused-ring (bicyclic) bond motifs is 1. The number of aromatic nitrogens is 1. The van der Waals surface area contributed by atoms with E-state index in [0.717, 1.165) is 16.5 Å². The summed E-state index contributed by atoms with van der Waals surface area (Å²) >= 11 is 0. The Bertz CT molecular complexity index is 713. The highest BCUT2D eigenvalue weighted by Gasteiger charge is 2.26. The number of aromatic amines is 1. The molecule has 1 heterocycles. The Morgan fingerprint density at radius 3 is 2.50 bits per heavy atom. The summed E-state index contributed by atoms with van der Waals surface area (Å²) in [6.45, 7) is 3.70. The molecule has 0 saturated heterocycles. The zero-order chi connectivity index (χ0) is 17.7. The van der Waals surface area contributed by atoms with Crippen LogP contribution in [0.15, 0.2) is 30.5 Å². The van der Waals surface area contributed by atoms with Crippen molar-refractivity contribution >= 4 is 22.8 Å². The minimum absolute atomic E-state index is 0.127. The second-order valence-corrected chi connectivity index (χ2v) is 5.94. The average Bonchev–Trinajstić information content (AvgIpc) is 2.96. The lowest BCUT2D eigenvalue weighted by atomic mass is 10.00. The Morgan fingerprint density at radius 2 is 1.88 bits per heavy atom. The van der Waals surface area contributed by atoms with E-state index >= 15 is 0 Å². The number of H-pyrrole nitrogens is 1. The van der Waals surface area contributed by atoms with Gasteiger partial charge in [-0.15, -0.1) is 0 Å². The molecule has 0 aliphatic carbocycles. The van der Waals surface area contributed by atoms with Gasteiger partial charge in [0.15, 0.2) is 0 Å². The predicted molar refractivity (Wildman–Crippen MR) is 90.6 cm³/mol. The van der Waals surface area contributed by atoms with Gasteiger partial charge in [-0.25, -0.2) is 10.9 Å². The van der Waals surface area contributed by atoms with Gasteiger partial charge in [0, 0.05) is 23.5 Å². The van der Waals surface area contributed by atoms with Crippen molar-refractivity contribution in [1.82, 2.24) is 15.8 Å². The number of rotatable bonds is 9. The molecule has 0 aliphatic rings. The molecule has 3 atom stereocenters. The Balaban J connectivity index is 2.09. The average molecular weight is 333 g/mol. The summed E-state index contributed by atoms with van der Waals surface area (Å²) in [6, 6.07) is 5.86. The van der Waals surface area contributed by atoms with Crippen LogP contribution in [-0.4, -0.2) is 39.2 Å². The van der Waals surface area contributed by atoms with Gasteiger partial charge >= 0.3 is 11.9 Å². The van der Waals surface area contributed by atoms with Gasteiger partial charge < -0.3 is 15.2 Å². The minimum Gasteiger partial charge on any atom is -0.480 e. The maximum atomic E-state index is 11.5. The largest absolute Gasteiger partial charge is 0.480 e. The third kappa shape index (κ3) is 4.12. The van der Waals surface area contributed by atoms with E-state index in [1.54, 1.807) is 6.20 Å². The molecule has 0 spiro atoms. The fourth-order valence-corrected chi connectivity index (χ4v) is 2.59. The van der Waals surface area contributed by atoms with Gasteiger partial charge in [0.1, 0.15) is 12.1 Å². The van der Waals surface area contributed by atoms with Crippen LogP contribution >= 0.6 is 0 Å². The molecule has 24 heavy (non-hydrogen) atoms. The highest BCUT2D eigenvalue weighted by atomic mass is 16.4. The standard InChI is InChI=1S/C17H23N3O4/c1-3-10(2)15(17(23)24)20-19-14(16(21)22)8-11-9-18-13-7-5-4-6-12(11)13/h4-7,9-10,14-15,18-20H,3,8H2,1-2H3,(H,21,22)(H,23,24)/t10-,14-,15-/m0/s1. The van der Waals surface area contributed by atoms with Crippen molar-refractivity contribution in [3.05, 3.63) is 36.0 Å². The second kappa shape index (κ2) is 7.94. The molecule has 0 amide bonds. The van der Waals surface area contributed by atoms with Gasteiger partial charge in [0.25, 0.3) is 0 Å². The Labute approximate surface area is 140 Å². The second-order valence-electron chi connectivity index (χ2n) is 5.94. The topological polar surface area (TPSA) is 114 Å². The van der Waals surface area contributed by atoms with E-state index < -0.39 is 24.0 Å². The Hall–Kier alpha value is -2.38. The van der Waals surface area contributed by atoms with Crippen molar-refractivity contribution in [3.63, 3.8) is 0 Å². The first kappa shape index (κ1) is 18.0. The Kier molecular flexibility index (Phi) is 5.94. The fourth-order valence-electron chi connectivity index (χ4n) is 2.59. The molecule has 0 unspecified atom stereocenters. The number of nitrogens with one attached hydrogen (secondary N) is 3. The first-order valence-electron chi connectivity index (χ1n) is 7.95. The van der Waals surface area contributed by atoms with Crippen LogP contribution in [0.25, 0.3) is 10.9 Å². The molecule has 5 N–H and O–H groups in total. The molecule has 1 aromatic heterocycles. The quantitative estimate of drug-likeness (QED) is 0.447. The summed E-state index contributed by atoms with van der Waals surface area (Å²) in [7, 11) is 0. The predicted octanol–water partition coefficient (Wildman–Crippen LogP) is 1.76. The van der Waals surface area contributed by atoms with E-state index in [-0.39, 0.29) is 12.3 Å². The summed E-state index contributed by atoms with van der Waals surface area (Å²) in [5.74, 6) is -2.17. The third-order valence-corrected chi connectivity index (χ3v) is 4.29. The summed E-state index contributed by atoms with van der Waals surface area (Å²) < 4.78 is 0. The molecule has 0 bridgehead atoms. The number of hydrogen-bond acceptors (Lipinski definition) is 4. The Morgan fingerprint density at radius 1 is 1.17 bits per heavy atom. The van der Waals surface area contributed by atoms with E-state index in [2.05, 4.69) is 15.8 Å². The first-order valence-corrected chi connectivity index (χ1v) is 7.95. The van der Waals surface area contributed by atoms with Crippen molar-refractivity contribution in [3.8, 4) is 0 Å². The van der Waals surface area contributed by atoms with Crippen LogP contribution in [0.3, 0.4) is 0 Å². The van der Waals surface area contributed by atoms with Crippen LogP contribution in [-0.2, 0) is 16.0 Å². The number of benzene rings is 1. The molecule has 2 aromatic rings. The minimum atomic E-state index is -1.04. The monoisotopic (exact) mass is 333 g/mol. The zero-order valence-corrected chi connectivity index (χ0v) is 13.7. The lowest BCUT2D eigenvalue weighted by Gasteiger charge is -2.23. The van der Waals surface area contributed by atoms with Crippen LogP contribution in [0, 0.1) is 5.92 Å². The SMILES string of the molecule is CC[C@H](C)[C@H](NN[C@@H](Cc1c[nH]c2ccccc12)C(=O)O)C(=O)O. The van der Waals surface area contributed by atoms with E-state index in [0.29, 0.717) is 6.42 Å². The smallest absolute Gasteiger partial charge is 0.322 e. The van der Waals surface area contributed by atoms with Crippen LogP contribution in [0.4, 0.5) is 0 Å². The summed E-state index contributed by atoms with van der Waals surface area (Å²) in [4.78, 5) is 26.0. The van der Waals surface area contributed by atoms with Gasteiger partial charge in [-0.2, -0.15) is 0 Å². The summed E-state index contributed by atoms with van der Waals surface area (Å²) in [5, 5.41) is 19.7. The summed E-state index contributed by atoms with van der Waals surface area (Å²) in [6.07, 6.45) is 2.69. The molecule has 1 aromatic carbocycles. The number of para-hydroxylation sites is 1. The van der Waals surface area contributed by atoms with E-state index in [4.69, 9.17) is 0 Å². The summed E-state index contributed by atoms with van der Waals surface area (Å²) in [5.41, 5.74) is 7.15. The highest BCUT2D eigenvalue weighted by molar-refractivity contribution is 5.84. The van der Waals surface area contributed by atoms with Gasteiger partial charge in [-0.05, 0) is 17.5 Å². The van der Waals surface area contributed by atoms with Crippen LogP contribution in [0.5, 0.6) is 0 Å². The van der Waals surface area contributed by atoms with Gasteiger partial charge in [0.05, 0.1) is 0 Å². The lowest BCUT2D eigenvalue weighted by molar-refractivity contribution is -0.144. The molecule has 0 radical (unpaired) electrons. The molecule has 130 valence electrons. The number of carboxylic acid groups (broad SMARTS) is 2. The molecule has 0 saturated carbocycles. The molecular weight excluding hydrogens is 310 g/mol. The third-order valence-electron chi connectivity index (χ3n) is 4.29. The van der Waals surface area contributed by atoms with Crippen LogP contribution in [0.2, 0.25) is 0 Å². The molecular formula is C17H23N3O4. The zero-order valence-electron chi connectivity index (χ0n) is 13.7. The van der Waals surface area contributed by atoms with Gasteiger partial charge in [-0.3, -0.25) is 9.59 Å². The molecule has 2 rings (SSSR count). The molecule has 7 nitrogen and oxygen atoms in total. The molecule has 0 aliphatic heterocycles. The number of hydrogen-bond donors (Lipinski definition) is 5. The fraction of sp³-hybridized carbons (Fsp3) is 0.412. The maximum absolute atomic E-state index is 11.5. The lowest BCUT2D eigenvalue weighted by Crippen LogP contribution is -2.55. The van der Waals surface area contributed by atoms with Crippen LogP contribution in [0.1, 0.15) is 25.8 Å². The first-order chi connectivity index (χ1) is 11.4. The van der Waals surface area contributed by atoms with E-state index in [1.807, 2.05) is 38.1 Å². The van der Waals surface area contributed by atoms with Crippen molar-refractivity contribution in [1.29, 1.82) is 0 Å².